The normalized spacial score (nSPS) is 19.2. The first kappa shape index (κ1) is 20.7. The van der Waals surface area contributed by atoms with E-state index < -0.39 is 0 Å². The van der Waals surface area contributed by atoms with Crippen LogP contribution in [0.25, 0.3) is 10.8 Å². The first-order valence-corrected chi connectivity index (χ1v) is 11.6. The lowest BCUT2D eigenvalue weighted by Crippen LogP contribution is -2.41. The minimum Gasteiger partial charge on any atom is -0.356 e. The lowest BCUT2D eigenvalue weighted by atomic mass is 9.90. The quantitative estimate of drug-likeness (QED) is 0.584. The molecular formula is C26H30N4O2. The Bertz CT molecular complexity index is 1100. The SMILES string of the molecule is O=C(NCCCn1ccnc1)C1CC12CCN(C(=O)Cc1ccc3ccccc3c1)CC2. The summed E-state index contributed by atoms with van der Waals surface area (Å²) in [5.74, 6) is 0.497. The summed E-state index contributed by atoms with van der Waals surface area (Å²) in [7, 11) is 0. The van der Waals surface area contributed by atoms with Crippen LogP contribution >= 0.6 is 0 Å². The first-order valence-electron chi connectivity index (χ1n) is 11.6. The molecule has 1 N–H and O–H groups in total. The fraction of sp³-hybridized carbons (Fsp3) is 0.423. The molecule has 1 saturated carbocycles. The van der Waals surface area contributed by atoms with Crippen LogP contribution in [0.5, 0.6) is 0 Å². The lowest BCUT2D eigenvalue weighted by molar-refractivity contribution is -0.132. The van der Waals surface area contributed by atoms with Gasteiger partial charge >= 0.3 is 0 Å². The van der Waals surface area contributed by atoms with E-state index in [-0.39, 0.29) is 23.1 Å². The van der Waals surface area contributed by atoms with Crippen LogP contribution in [0.4, 0.5) is 0 Å². The average molecular weight is 431 g/mol. The Hall–Kier alpha value is -3.15. The number of fused-ring (bicyclic) bond motifs is 1. The molecule has 5 rings (SSSR count). The monoisotopic (exact) mass is 430 g/mol. The van der Waals surface area contributed by atoms with Crippen LogP contribution in [0.2, 0.25) is 0 Å². The molecule has 1 atom stereocenters. The third-order valence-corrected chi connectivity index (χ3v) is 7.24. The Kier molecular flexibility index (Phi) is 5.68. The molecule has 32 heavy (non-hydrogen) atoms. The zero-order valence-corrected chi connectivity index (χ0v) is 18.4. The molecule has 2 fully saturated rings. The van der Waals surface area contributed by atoms with Gasteiger partial charge in [-0.3, -0.25) is 9.59 Å². The van der Waals surface area contributed by atoms with Crippen LogP contribution in [-0.2, 0) is 22.6 Å². The molecule has 1 aliphatic heterocycles. The fourth-order valence-corrected chi connectivity index (χ4v) is 5.12. The average Bonchev–Trinajstić information content (AvgIpc) is 3.25. The van der Waals surface area contributed by atoms with Gasteiger partial charge in [-0.05, 0) is 47.4 Å². The van der Waals surface area contributed by atoms with Crippen molar-refractivity contribution in [2.45, 2.75) is 38.6 Å². The molecule has 3 aromatic rings. The molecule has 6 nitrogen and oxygen atoms in total. The molecule has 0 radical (unpaired) electrons. The molecule has 6 heteroatoms. The highest BCUT2D eigenvalue weighted by molar-refractivity contribution is 5.86. The number of nitrogens with zero attached hydrogens (tertiary/aromatic N) is 3. The molecule has 1 aliphatic carbocycles. The first-order chi connectivity index (χ1) is 15.6. The number of benzene rings is 2. The predicted molar refractivity (Wildman–Crippen MR) is 124 cm³/mol. The second kappa shape index (κ2) is 8.77. The molecule has 0 bridgehead atoms. The number of nitrogens with one attached hydrogen (secondary N) is 1. The van der Waals surface area contributed by atoms with Crippen LogP contribution in [0.3, 0.4) is 0 Å². The molecule has 1 aromatic heterocycles. The van der Waals surface area contributed by atoms with Crippen molar-refractivity contribution in [2.24, 2.45) is 11.3 Å². The maximum absolute atomic E-state index is 12.9. The largest absolute Gasteiger partial charge is 0.356 e. The van der Waals surface area contributed by atoms with Crippen LogP contribution in [-0.4, -0.2) is 45.9 Å². The van der Waals surface area contributed by atoms with E-state index in [0.29, 0.717) is 13.0 Å². The van der Waals surface area contributed by atoms with Crippen molar-refractivity contribution in [1.29, 1.82) is 0 Å². The highest BCUT2D eigenvalue weighted by Crippen LogP contribution is 2.59. The zero-order valence-electron chi connectivity index (χ0n) is 18.4. The number of amides is 2. The van der Waals surface area contributed by atoms with Gasteiger partial charge < -0.3 is 14.8 Å². The summed E-state index contributed by atoms with van der Waals surface area (Å²) in [6.45, 7) is 3.08. The van der Waals surface area contributed by atoms with Crippen LogP contribution in [0.1, 0.15) is 31.2 Å². The molecular weight excluding hydrogens is 400 g/mol. The summed E-state index contributed by atoms with van der Waals surface area (Å²) >= 11 is 0. The van der Waals surface area contributed by atoms with Crippen LogP contribution < -0.4 is 5.32 Å². The number of carbonyl (C=O) groups is 2. The van der Waals surface area contributed by atoms with Crippen molar-refractivity contribution in [3.8, 4) is 0 Å². The van der Waals surface area contributed by atoms with E-state index in [9.17, 15) is 9.59 Å². The third kappa shape index (κ3) is 4.40. The van der Waals surface area contributed by atoms with E-state index in [2.05, 4.69) is 40.6 Å². The molecule has 2 heterocycles. The number of likely N-dealkylation sites (tertiary alicyclic amines) is 1. The van der Waals surface area contributed by atoms with Gasteiger partial charge in [0.05, 0.1) is 12.7 Å². The summed E-state index contributed by atoms with van der Waals surface area (Å²) in [6, 6.07) is 14.5. The summed E-state index contributed by atoms with van der Waals surface area (Å²) in [5, 5.41) is 5.48. The topological polar surface area (TPSA) is 67.2 Å². The van der Waals surface area contributed by atoms with Crippen molar-refractivity contribution in [3.63, 3.8) is 0 Å². The Morgan fingerprint density at radius 1 is 1.09 bits per heavy atom. The third-order valence-electron chi connectivity index (χ3n) is 7.24. The Morgan fingerprint density at radius 3 is 2.69 bits per heavy atom. The van der Waals surface area contributed by atoms with E-state index in [0.717, 1.165) is 50.9 Å². The summed E-state index contributed by atoms with van der Waals surface area (Å²) in [6.07, 6.45) is 9.68. The number of hydrogen-bond acceptors (Lipinski definition) is 3. The fourth-order valence-electron chi connectivity index (χ4n) is 5.12. The van der Waals surface area contributed by atoms with Crippen molar-refractivity contribution in [1.82, 2.24) is 19.8 Å². The molecule has 2 aliphatic rings. The molecule has 1 spiro atoms. The number of imidazole rings is 1. The minimum absolute atomic E-state index is 0.119. The number of carbonyl (C=O) groups excluding carboxylic acids is 2. The highest BCUT2D eigenvalue weighted by Gasteiger charge is 2.58. The molecule has 2 amide bonds. The van der Waals surface area contributed by atoms with Crippen molar-refractivity contribution in [2.75, 3.05) is 19.6 Å². The van der Waals surface area contributed by atoms with Gasteiger partial charge in [-0.15, -0.1) is 0 Å². The van der Waals surface area contributed by atoms with Gasteiger partial charge in [0.1, 0.15) is 0 Å². The van der Waals surface area contributed by atoms with Gasteiger partial charge in [0, 0.05) is 44.5 Å². The van der Waals surface area contributed by atoms with Crippen molar-refractivity contribution >= 4 is 22.6 Å². The maximum Gasteiger partial charge on any atom is 0.226 e. The van der Waals surface area contributed by atoms with Crippen molar-refractivity contribution < 1.29 is 9.59 Å². The van der Waals surface area contributed by atoms with Crippen LogP contribution in [0, 0.1) is 11.3 Å². The molecule has 166 valence electrons. The number of rotatable bonds is 7. The van der Waals surface area contributed by atoms with E-state index in [4.69, 9.17) is 0 Å². The van der Waals surface area contributed by atoms with Crippen molar-refractivity contribution in [3.05, 3.63) is 66.7 Å². The number of aromatic nitrogens is 2. The minimum atomic E-state index is 0.119. The molecule has 1 unspecified atom stereocenters. The Balaban J connectivity index is 1.07. The summed E-state index contributed by atoms with van der Waals surface area (Å²) in [4.78, 5) is 31.5. The van der Waals surface area contributed by atoms with Gasteiger partial charge in [-0.1, -0.05) is 42.5 Å². The van der Waals surface area contributed by atoms with Gasteiger partial charge in [0.2, 0.25) is 11.8 Å². The predicted octanol–water partition coefficient (Wildman–Crippen LogP) is 3.41. The Labute approximate surface area is 188 Å². The Morgan fingerprint density at radius 2 is 1.91 bits per heavy atom. The molecule has 2 aromatic carbocycles. The maximum atomic E-state index is 12.9. The lowest BCUT2D eigenvalue weighted by Gasteiger charge is -2.33. The van der Waals surface area contributed by atoms with Gasteiger partial charge in [-0.2, -0.15) is 0 Å². The zero-order chi connectivity index (χ0) is 22.0. The highest BCUT2D eigenvalue weighted by atomic mass is 16.2. The second-order valence-electron chi connectivity index (χ2n) is 9.30. The summed E-state index contributed by atoms with van der Waals surface area (Å²) < 4.78 is 2.02. The second-order valence-corrected chi connectivity index (χ2v) is 9.30. The standard InChI is InChI=1S/C26H30N4O2/c31-24(17-20-6-7-21-4-1-2-5-22(21)16-20)30-13-8-26(9-14-30)18-23(26)25(32)28-10-3-12-29-15-11-27-19-29/h1-2,4-7,11,15-16,19,23H,3,8-10,12-14,17-18H2,(H,28,32). The van der Waals surface area contributed by atoms with E-state index in [1.54, 1.807) is 12.5 Å². The summed E-state index contributed by atoms with van der Waals surface area (Å²) in [5.41, 5.74) is 1.18. The van der Waals surface area contributed by atoms with Crippen LogP contribution in [0.15, 0.2) is 61.2 Å². The number of hydrogen-bond donors (Lipinski definition) is 1. The van der Waals surface area contributed by atoms with Gasteiger partial charge in [0.25, 0.3) is 0 Å². The smallest absolute Gasteiger partial charge is 0.226 e. The van der Waals surface area contributed by atoms with Gasteiger partial charge in [0.15, 0.2) is 0 Å². The van der Waals surface area contributed by atoms with E-state index in [1.165, 1.54) is 10.8 Å². The van der Waals surface area contributed by atoms with E-state index >= 15 is 0 Å². The van der Waals surface area contributed by atoms with E-state index in [1.807, 2.05) is 27.8 Å². The number of piperidine rings is 1. The molecule has 1 saturated heterocycles. The van der Waals surface area contributed by atoms with Gasteiger partial charge in [-0.25, -0.2) is 4.98 Å². The number of aryl methyl sites for hydroxylation is 1.